The molecule has 2 N–H and O–H groups in total. The van der Waals surface area contributed by atoms with Crippen LogP contribution in [0.3, 0.4) is 0 Å². The van der Waals surface area contributed by atoms with Gasteiger partial charge in [-0.3, -0.25) is 14.4 Å². The van der Waals surface area contributed by atoms with Crippen LogP contribution in [-0.4, -0.2) is 36.7 Å². The van der Waals surface area contributed by atoms with Gasteiger partial charge in [0.2, 0.25) is 5.91 Å². The van der Waals surface area contributed by atoms with E-state index in [1.807, 2.05) is 48.5 Å². The summed E-state index contributed by atoms with van der Waals surface area (Å²) in [5.74, 6) is -0.477. The van der Waals surface area contributed by atoms with Crippen molar-refractivity contribution in [3.05, 3.63) is 107 Å². The van der Waals surface area contributed by atoms with Crippen LogP contribution in [0.15, 0.2) is 84.9 Å². The maximum absolute atomic E-state index is 12.7. The molecule has 0 aliphatic rings. The molecule has 0 aliphatic heterocycles. The van der Waals surface area contributed by atoms with E-state index >= 15 is 0 Å². The molecule has 164 valence electrons. The molecular weight excluding hydrogens is 402 g/mol. The molecule has 6 heteroatoms. The second-order valence-electron chi connectivity index (χ2n) is 7.68. The lowest BCUT2D eigenvalue weighted by atomic mass is 10.0. The second kappa shape index (κ2) is 10.9. The number of nitrogens with zero attached hydrogens (tertiary/aromatic N) is 1. The number of carbonyl (C=O) groups excluding carboxylic acids is 3. The average molecular weight is 430 g/mol. The van der Waals surface area contributed by atoms with E-state index in [-0.39, 0.29) is 24.1 Å². The van der Waals surface area contributed by atoms with Gasteiger partial charge in [-0.25, -0.2) is 0 Å². The van der Waals surface area contributed by atoms with Crippen LogP contribution < -0.4 is 10.6 Å². The van der Waals surface area contributed by atoms with Crippen LogP contribution in [0, 0.1) is 0 Å². The summed E-state index contributed by atoms with van der Waals surface area (Å²) in [5, 5.41) is 5.87. The molecule has 32 heavy (non-hydrogen) atoms. The SMILES string of the molecule is CN(C)C(=O)c1ccc(CNC(=O)CC(NC(=O)c2ccccc2)c2ccccc2)cc1. The molecule has 0 aliphatic carbocycles. The van der Waals surface area contributed by atoms with Crippen LogP contribution >= 0.6 is 0 Å². The molecule has 0 heterocycles. The zero-order chi connectivity index (χ0) is 22.9. The lowest BCUT2D eigenvalue weighted by Gasteiger charge is -2.19. The Hall–Kier alpha value is -3.93. The first kappa shape index (κ1) is 22.7. The zero-order valence-electron chi connectivity index (χ0n) is 18.2. The lowest BCUT2D eigenvalue weighted by Crippen LogP contribution is -2.33. The maximum atomic E-state index is 12.7. The summed E-state index contributed by atoms with van der Waals surface area (Å²) < 4.78 is 0. The zero-order valence-corrected chi connectivity index (χ0v) is 18.2. The summed E-state index contributed by atoms with van der Waals surface area (Å²) in [6.45, 7) is 0.337. The standard InChI is InChI=1S/C26H27N3O3/c1-29(2)26(32)22-15-13-19(14-16-22)18-27-24(30)17-23(20-9-5-3-6-10-20)28-25(31)21-11-7-4-8-12-21/h3-16,23H,17-18H2,1-2H3,(H,27,30)(H,28,31). The Morgan fingerprint density at radius 2 is 1.38 bits per heavy atom. The van der Waals surface area contributed by atoms with Crippen molar-refractivity contribution in [1.82, 2.24) is 15.5 Å². The van der Waals surface area contributed by atoms with Crippen LogP contribution in [0.25, 0.3) is 0 Å². The summed E-state index contributed by atoms with van der Waals surface area (Å²) in [5.41, 5.74) is 2.88. The third kappa shape index (κ3) is 6.28. The number of hydrogen-bond acceptors (Lipinski definition) is 3. The van der Waals surface area contributed by atoms with Gasteiger partial charge in [-0.2, -0.15) is 0 Å². The summed E-state index contributed by atoms with van der Waals surface area (Å²) in [7, 11) is 3.41. The number of nitrogens with one attached hydrogen (secondary N) is 2. The van der Waals surface area contributed by atoms with E-state index < -0.39 is 6.04 Å². The lowest BCUT2D eigenvalue weighted by molar-refractivity contribution is -0.121. The van der Waals surface area contributed by atoms with Gasteiger partial charge in [-0.05, 0) is 35.4 Å². The van der Waals surface area contributed by atoms with Gasteiger partial charge in [0.1, 0.15) is 0 Å². The van der Waals surface area contributed by atoms with Gasteiger partial charge in [0.25, 0.3) is 11.8 Å². The van der Waals surface area contributed by atoms with Crippen molar-refractivity contribution in [3.63, 3.8) is 0 Å². The average Bonchev–Trinajstić information content (AvgIpc) is 2.83. The predicted molar refractivity (Wildman–Crippen MR) is 124 cm³/mol. The van der Waals surface area contributed by atoms with Crippen LogP contribution in [0.4, 0.5) is 0 Å². The molecule has 0 fully saturated rings. The minimum Gasteiger partial charge on any atom is -0.352 e. The van der Waals surface area contributed by atoms with E-state index in [2.05, 4.69) is 10.6 Å². The van der Waals surface area contributed by atoms with Crippen molar-refractivity contribution in [3.8, 4) is 0 Å². The molecule has 0 aromatic heterocycles. The molecule has 0 bridgehead atoms. The normalized spacial score (nSPS) is 11.3. The summed E-state index contributed by atoms with van der Waals surface area (Å²) in [6, 6.07) is 25.1. The fourth-order valence-electron chi connectivity index (χ4n) is 3.25. The van der Waals surface area contributed by atoms with Gasteiger partial charge < -0.3 is 15.5 Å². The van der Waals surface area contributed by atoms with E-state index in [1.165, 1.54) is 4.90 Å². The highest BCUT2D eigenvalue weighted by Gasteiger charge is 2.19. The number of carbonyl (C=O) groups is 3. The molecule has 6 nitrogen and oxygen atoms in total. The van der Waals surface area contributed by atoms with E-state index in [0.717, 1.165) is 11.1 Å². The van der Waals surface area contributed by atoms with Crippen molar-refractivity contribution < 1.29 is 14.4 Å². The molecule has 1 unspecified atom stereocenters. The largest absolute Gasteiger partial charge is 0.352 e. The predicted octanol–water partition coefficient (Wildman–Crippen LogP) is 3.57. The number of rotatable bonds is 8. The Morgan fingerprint density at radius 1 is 0.781 bits per heavy atom. The maximum Gasteiger partial charge on any atom is 0.253 e. The van der Waals surface area contributed by atoms with E-state index in [9.17, 15) is 14.4 Å². The minimum absolute atomic E-state index is 0.0690. The topological polar surface area (TPSA) is 78.5 Å². The summed E-state index contributed by atoms with van der Waals surface area (Å²) >= 11 is 0. The molecule has 0 spiro atoms. The number of amides is 3. The Labute approximate surface area is 188 Å². The third-order valence-corrected chi connectivity index (χ3v) is 5.03. The molecule has 3 aromatic carbocycles. The molecule has 0 radical (unpaired) electrons. The molecule has 0 saturated carbocycles. The molecular formula is C26H27N3O3. The first-order chi connectivity index (χ1) is 15.4. The molecule has 3 rings (SSSR count). The van der Waals surface area contributed by atoms with Gasteiger partial charge in [-0.1, -0.05) is 60.7 Å². The van der Waals surface area contributed by atoms with Crippen molar-refractivity contribution in [2.24, 2.45) is 0 Å². The Morgan fingerprint density at radius 3 is 1.97 bits per heavy atom. The molecule has 0 saturated heterocycles. The van der Waals surface area contributed by atoms with Crippen molar-refractivity contribution >= 4 is 17.7 Å². The highest BCUT2D eigenvalue weighted by atomic mass is 16.2. The first-order valence-corrected chi connectivity index (χ1v) is 10.4. The highest BCUT2D eigenvalue weighted by Crippen LogP contribution is 2.18. The van der Waals surface area contributed by atoms with Crippen molar-refractivity contribution in [1.29, 1.82) is 0 Å². The van der Waals surface area contributed by atoms with Crippen LogP contribution in [0.5, 0.6) is 0 Å². The molecule has 1 atom stereocenters. The second-order valence-corrected chi connectivity index (χ2v) is 7.68. The minimum atomic E-state index is -0.455. The number of benzene rings is 3. The van der Waals surface area contributed by atoms with Gasteiger partial charge >= 0.3 is 0 Å². The van der Waals surface area contributed by atoms with E-state index in [4.69, 9.17) is 0 Å². The van der Waals surface area contributed by atoms with Crippen LogP contribution in [-0.2, 0) is 11.3 Å². The quantitative estimate of drug-likeness (QED) is 0.575. The summed E-state index contributed by atoms with van der Waals surface area (Å²) in [6.07, 6.45) is 0.111. The smallest absolute Gasteiger partial charge is 0.253 e. The summed E-state index contributed by atoms with van der Waals surface area (Å²) in [4.78, 5) is 38.8. The fraction of sp³-hybridized carbons (Fsp3) is 0.192. The fourth-order valence-corrected chi connectivity index (χ4v) is 3.25. The van der Waals surface area contributed by atoms with Crippen LogP contribution in [0.2, 0.25) is 0 Å². The van der Waals surface area contributed by atoms with Gasteiger partial charge in [-0.15, -0.1) is 0 Å². The van der Waals surface area contributed by atoms with Crippen LogP contribution in [0.1, 0.15) is 44.3 Å². The third-order valence-electron chi connectivity index (χ3n) is 5.03. The van der Waals surface area contributed by atoms with Gasteiger partial charge in [0, 0.05) is 31.8 Å². The molecule has 3 amide bonds. The van der Waals surface area contributed by atoms with Crippen molar-refractivity contribution in [2.45, 2.75) is 19.0 Å². The van der Waals surface area contributed by atoms with E-state index in [0.29, 0.717) is 17.7 Å². The van der Waals surface area contributed by atoms with Gasteiger partial charge in [0.05, 0.1) is 12.5 Å². The monoisotopic (exact) mass is 429 g/mol. The van der Waals surface area contributed by atoms with Gasteiger partial charge in [0.15, 0.2) is 0 Å². The first-order valence-electron chi connectivity index (χ1n) is 10.4. The van der Waals surface area contributed by atoms with E-state index in [1.54, 1.807) is 50.5 Å². The Bertz CT molecular complexity index is 1050. The Kier molecular flexibility index (Phi) is 7.75. The highest BCUT2D eigenvalue weighted by molar-refractivity contribution is 5.95. The Balaban J connectivity index is 1.62. The molecule has 3 aromatic rings. The van der Waals surface area contributed by atoms with Crippen molar-refractivity contribution in [2.75, 3.05) is 14.1 Å². The number of hydrogen-bond donors (Lipinski definition) is 2.